The Bertz CT molecular complexity index is 995. The van der Waals surface area contributed by atoms with Crippen LogP contribution in [0.1, 0.15) is 16.8 Å². The molecule has 7 heteroatoms. The summed E-state index contributed by atoms with van der Waals surface area (Å²) in [6, 6.07) is 7.82. The van der Waals surface area contributed by atoms with Crippen LogP contribution in [0.2, 0.25) is 0 Å². The van der Waals surface area contributed by atoms with Crippen LogP contribution in [0.5, 0.6) is 17.2 Å². The van der Waals surface area contributed by atoms with Crippen molar-refractivity contribution in [1.82, 2.24) is 19.9 Å². The molecule has 0 spiro atoms. The highest BCUT2D eigenvalue weighted by Gasteiger charge is 2.22. The van der Waals surface area contributed by atoms with Gasteiger partial charge in [-0.2, -0.15) is 0 Å². The average Bonchev–Trinajstić information content (AvgIpc) is 2.78. The minimum Gasteiger partial charge on any atom is -0.493 e. The highest BCUT2D eigenvalue weighted by molar-refractivity contribution is 5.56. The monoisotopic (exact) mass is 392 g/mol. The van der Waals surface area contributed by atoms with Gasteiger partial charge in [-0.25, -0.2) is 9.97 Å². The summed E-state index contributed by atoms with van der Waals surface area (Å²) >= 11 is 0. The second-order valence-electron chi connectivity index (χ2n) is 6.86. The van der Waals surface area contributed by atoms with Gasteiger partial charge in [0.1, 0.15) is 0 Å². The maximum atomic E-state index is 5.62. The molecule has 0 aliphatic carbocycles. The lowest BCUT2D eigenvalue weighted by Gasteiger charge is -2.29. The molecule has 0 radical (unpaired) electrons. The molecule has 150 valence electrons. The van der Waals surface area contributed by atoms with E-state index in [2.05, 4.69) is 14.9 Å². The second kappa shape index (κ2) is 8.45. The number of methoxy groups -OCH3 is 3. The summed E-state index contributed by atoms with van der Waals surface area (Å²) in [5.41, 5.74) is 4.26. The first kappa shape index (κ1) is 19.1. The van der Waals surface area contributed by atoms with Crippen molar-refractivity contribution in [3.8, 4) is 28.6 Å². The van der Waals surface area contributed by atoms with Crippen molar-refractivity contribution >= 4 is 0 Å². The van der Waals surface area contributed by atoms with E-state index in [1.165, 1.54) is 0 Å². The third kappa shape index (κ3) is 3.86. The van der Waals surface area contributed by atoms with Gasteiger partial charge in [-0.1, -0.05) is 6.07 Å². The number of rotatable bonds is 6. The van der Waals surface area contributed by atoms with Gasteiger partial charge in [0.05, 0.1) is 27.0 Å². The van der Waals surface area contributed by atoms with Crippen LogP contribution in [-0.2, 0) is 19.5 Å². The molecule has 0 N–H and O–H groups in total. The Morgan fingerprint density at radius 3 is 2.59 bits per heavy atom. The van der Waals surface area contributed by atoms with E-state index in [-0.39, 0.29) is 0 Å². The van der Waals surface area contributed by atoms with Crippen LogP contribution in [0.3, 0.4) is 0 Å². The summed E-state index contributed by atoms with van der Waals surface area (Å²) in [4.78, 5) is 15.8. The molecule has 0 atom stereocenters. The smallest absolute Gasteiger partial charge is 0.203 e. The molecule has 29 heavy (non-hydrogen) atoms. The standard InChI is InChI=1S/C22H24N4O3/c1-27-19-7-6-16(20(28-2)21(19)29-3)13-26-10-8-18-17(14-26)12-24-22(25-18)15-5-4-9-23-11-15/h4-7,9,11-12H,8,10,13-14H2,1-3H3. The average molecular weight is 392 g/mol. The third-order valence-electron chi connectivity index (χ3n) is 5.11. The van der Waals surface area contributed by atoms with Gasteiger partial charge >= 0.3 is 0 Å². The molecule has 0 saturated heterocycles. The molecule has 0 saturated carbocycles. The van der Waals surface area contributed by atoms with E-state index in [1.54, 1.807) is 33.7 Å². The lowest BCUT2D eigenvalue weighted by molar-refractivity contribution is 0.237. The zero-order valence-electron chi connectivity index (χ0n) is 16.9. The number of nitrogens with zero attached hydrogens (tertiary/aromatic N) is 4. The van der Waals surface area contributed by atoms with E-state index in [4.69, 9.17) is 19.2 Å². The van der Waals surface area contributed by atoms with Crippen molar-refractivity contribution < 1.29 is 14.2 Å². The lowest BCUT2D eigenvalue weighted by Crippen LogP contribution is -2.31. The van der Waals surface area contributed by atoms with Crippen molar-refractivity contribution in [2.75, 3.05) is 27.9 Å². The van der Waals surface area contributed by atoms with Crippen molar-refractivity contribution in [2.24, 2.45) is 0 Å². The molecule has 1 aromatic carbocycles. The van der Waals surface area contributed by atoms with Gasteiger partial charge < -0.3 is 14.2 Å². The Balaban J connectivity index is 1.54. The first-order valence-electron chi connectivity index (χ1n) is 9.49. The molecule has 0 bridgehead atoms. The van der Waals surface area contributed by atoms with E-state index < -0.39 is 0 Å². The molecular weight excluding hydrogens is 368 g/mol. The van der Waals surface area contributed by atoms with E-state index in [9.17, 15) is 0 Å². The van der Waals surface area contributed by atoms with Gasteiger partial charge in [0.15, 0.2) is 17.3 Å². The summed E-state index contributed by atoms with van der Waals surface area (Å²) < 4.78 is 16.5. The molecule has 1 aliphatic heterocycles. The van der Waals surface area contributed by atoms with Crippen molar-refractivity contribution in [1.29, 1.82) is 0 Å². The summed E-state index contributed by atoms with van der Waals surface area (Å²) in [6.07, 6.45) is 6.35. The van der Waals surface area contributed by atoms with Gasteiger partial charge in [-0.3, -0.25) is 9.88 Å². The van der Waals surface area contributed by atoms with Gasteiger partial charge in [0, 0.05) is 61.3 Å². The van der Waals surface area contributed by atoms with E-state index in [1.807, 2.05) is 30.5 Å². The van der Waals surface area contributed by atoms with Crippen LogP contribution in [0.4, 0.5) is 0 Å². The summed E-state index contributed by atoms with van der Waals surface area (Å²) in [7, 11) is 4.90. The second-order valence-corrected chi connectivity index (χ2v) is 6.86. The zero-order chi connectivity index (χ0) is 20.2. The van der Waals surface area contributed by atoms with Crippen molar-refractivity contribution in [2.45, 2.75) is 19.5 Å². The molecule has 7 nitrogen and oxygen atoms in total. The molecular formula is C22H24N4O3. The van der Waals surface area contributed by atoms with Gasteiger partial charge in [0.25, 0.3) is 0 Å². The number of ether oxygens (including phenoxy) is 3. The number of benzene rings is 1. The van der Waals surface area contributed by atoms with E-state index in [0.29, 0.717) is 17.2 Å². The molecule has 3 heterocycles. The number of hydrogen-bond donors (Lipinski definition) is 0. The molecule has 0 unspecified atom stereocenters. The number of aromatic nitrogens is 3. The van der Waals surface area contributed by atoms with Crippen LogP contribution in [0.15, 0.2) is 42.9 Å². The molecule has 3 aromatic rings. The minimum absolute atomic E-state index is 0.620. The Kier molecular flexibility index (Phi) is 5.57. The molecule has 4 rings (SSSR count). The topological polar surface area (TPSA) is 69.6 Å². The number of fused-ring (bicyclic) bond motifs is 1. The fraction of sp³-hybridized carbons (Fsp3) is 0.318. The van der Waals surface area contributed by atoms with Crippen LogP contribution in [0.25, 0.3) is 11.4 Å². The largest absolute Gasteiger partial charge is 0.493 e. The number of hydrogen-bond acceptors (Lipinski definition) is 7. The Morgan fingerprint density at radius 2 is 1.86 bits per heavy atom. The van der Waals surface area contributed by atoms with Crippen LogP contribution in [-0.4, -0.2) is 47.7 Å². The lowest BCUT2D eigenvalue weighted by atomic mass is 10.1. The highest BCUT2D eigenvalue weighted by atomic mass is 16.5. The van der Waals surface area contributed by atoms with Crippen molar-refractivity contribution in [3.05, 3.63) is 59.7 Å². The summed E-state index contributed by atoms with van der Waals surface area (Å²) in [5, 5.41) is 0. The van der Waals surface area contributed by atoms with Crippen LogP contribution >= 0.6 is 0 Å². The van der Waals surface area contributed by atoms with Gasteiger partial charge in [-0.15, -0.1) is 0 Å². The molecule has 1 aliphatic rings. The minimum atomic E-state index is 0.620. The fourth-order valence-corrected chi connectivity index (χ4v) is 3.67. The normalized spacial score (nSPS) is 13.6. The Labute approximate surface area is 170 Å². The quantitative estimate of drug-likeness (QED) is 0.638. The fourth-order valence-electron chi connectivity index (χ4n) is 3.67. The predicted octanol–water partition coefficient (Wildman–Crippen LogP) is 3.12. The molecule has 2 aromatic heterocycles. The number of pyridine rings is 1. The van der Waals surface area contributed by atoms with Crippen LogP contribution in [0, 0.1) is 0 Å². The summed E-state index contributed by atoms with van der Waals surface area (Å²) in [6.45, 7) is 2.45. The maximum absolute atomic E-state index is 5.62. The Hall–Kier alpha value is -3.19. The van der Waals surface area contributed by atoms with Crippen molar-refractivity contribution in [3.63, 3.8) is 0 Å². The van der Waals surface area contributed by atoms with E-state index in [0.717, 1.165) is 54.3 Å². The highest BCUT2D eigenvalue weighted by Crippen LogP contribution is 2.40. The zero-order valence-corrected chi connectivity index (χ0v) is 16.9. The SMILES string of the molecule is COc1ccc(CN2CCc3nc(-c4cccnc4)ncc3C2)c(OC)c1OC. The predicted molar refractivity (Wildman–Crippen MR) is 109 cm³/mol. The van der Waals surface area contributed by atoms with Crippen LogP contribution < -0.4 is 14.2 Å². The molecule has 0 amide bonds. The maximum Gasteiger partial charge on any atom is 0.203 e. The van der Waals surface area contributed by atoms with Gasteiger partial charge in [-0.05, 0) is 18.2 Å². The van der Waals surface area contributed by atoms with Gasteiger partial charge in [0.2, 0.25) is 5.75 Å². The Morgan fingerprint density at radius 1 is 1.00 bits per heavy atom. The third-order valence-corrected chi connectivity index (χ3v) is 5.11. The first-order chi connectivity index (χ1) is 14.2. The first-order valence-corrected chi connectivity index (χ1v) is 9.49. The molecule has 0 fully saturated rings. The van der Waals surface area contributed by atoms with E-state index >= 15 is 0 Å². The summed E-state index contributed by atoms with van der Waals surface area (Å²) in [5.74, 6) is 2.72.